The van der Waals surface area contributed by atoms with Crippen LogP contribution in [0.5, 0.6) is 0 Å². The van der Waals surface area contributed by atoms with Crippen molar-refractivity contribution in [3.8, 4) is 0 Å². The number of nitrogens with zero attached hydrogens (tertiary/aromatic N) is 3. The van der Waals surface area contributed by atoms with Gasteiger partial charge >= 0.3 is 6.03 Å². The predicted molar refractivity (Wildman–Crippen MR) is 108 cm³/mol. The van der Waals surface area contributed by atoms with Crippen molar-refractivity contribution in [1.29, 1.82) is 0 Å². The van der Waals surface area contributed by atoms with Gasteiger partial charge in [0.15, 0.2) is 0 Å². The molecule has 2 aliphatic heterocycles. The van der Waals surface area contributed by atoms with Crippen LogP contribution in [-0.4, -0.2) is 18.3 Å². The maximum atomic E-state index is 13.4. The van der Waals surface area contributed by atoms with Crippen LogP contribution in [0.3, 0.4) is 0 Å². The fourth-order valence-electron chi connectivity index (χ4n) is 3.38. The van der Waals surface area contributed by atoms with E-state index in [1.165, 1.54) is 46.2 Å². The monoisotopic (exact) mass is 391 g/mol. The van der Waals surface area contributed by atoms with E-state index in [0.29, 0.717) is 17.1 Å². The molecule has 0 bridgehead atoms. The Morgan fingerprint density at radius 2 is 1.55 bits per heavy atom. The molecule has 2 N–H and O–H groups in total. The zero-order valence-corrected chi connectivity index (χ0v) is 15.0. The van der Waals surface area contributed by atoms with Gasteiger partial charge in [-0.25, -0.2) is 23.5 Å². The minimum absolute atomic E-state index is 0.245. The molecule has 1 atom stereocenters. The number of carbonyl (C=O) groups excluding carboxylic acids is 1. The molecule has 29 heavy (non-hydrogen) atoms. The highest BCUT2D eigenvalue weighted by atomic mass is 19.1. The number of hydrogen-bond acceptors (Lipinski definition) is 4. The minimum atomic E-state index is -0.625. The van der Waals surface area contributed by atoms with E-state index >= 15 is 0 Å². The molecule has 2 amide bonds. The largest absolute Gasteiger partial charge is 0.345 e. The van der Waals surface area contributed by atoms with E-state index in [-0.39, 0.29) is 17.8 Å². The summed E-state index contributed by atoms with van der Waals surface area (Å²) >= 11 is 0. The maximum Gasteiger partial charge on any atom is 0.339 e. The van der Waals surface area contributed by atoms with E-state index in [0.717, 1.165) is 5.69 Å². The summed E-state index contributed by atoms with van der Waals surface area (Å²) in [6, 6.07) is 18.3. The van der Waals surface area contributed by atoms with Crippen LogP contribution in [0, 0.1) is 11.6 Å². The number of urea groups is 1. The first-order valence-corrected chi connectivity index (χ1v) is 8.95. The SMILES string of the molecule is O=C1N(c2ccc(F)cc2)C(Nc2ccc(F)cc2)=NC2Nc3ccccc3N12. The quantitative estimate of drug-likeness (QED) is 0.672. The van der Waals surface area contributed by atoms with Crippen LogP contribution in [0.15, 0.2) is 77.8 Å². The Balaban J connectivity index is 1.59. The number of aliphatic imine (C=N–C) groups is 1. The van der Waals surface area contributed by atoms with Crippen LogP contribution in [0.2, 0.25) is 0 Å². The molecule has 3 aromatic carbocycles. The van der Waals surface area contributed by atoms with E-state index < -0.39 is 12.1 Å². The van der Waals surface area contributed by atoms with Crippen LogP contribution >= 0.6 is 0 Å². The zero-order chi connectivity index (χ0) is 20.0. The van der Waals surface area contributed by atoms with Crippen molar-refractivity contribution >= 4 is 34.7 Å². The second kappa shape index (κ2) is 6.59. The summed E-state index contributed by atoms with van der Waals surface area (Å²) in [6.07, 6.45) is -0.625. The standard InChI is InChI=1S/C21H15F2N5O/c22-13-5-9-15(10-6-13)24-19-26-20-25-17-3-1-2-4-18(17)28(20)21(29)27(19)16-11-7-14(23)8-12-16/h1-12,20,25H,(H,24,26). The number of hydrogen-bond donors (Lipinski definition) is 2. The van der Waals surface area contributed by atoms with Crippen molar-refractivity contribution in [1.82, 2.24) is 0 Å². The predicted octanol–water partition coefficient (Wildman–Crippen LogP) is 4.59. The Morgan fingerprint density at radius 3 is 2.28 bits per heavy atom. The van der Waals surface area contributed by atoms with E-state index in [4.69, 9.17) is 0 Å². The van der Waals surface area contributed by atoms with Crippen molar-refractivity contribution in [2.45, 2.75) is 6.29 Å². The molecule has 0 saturated carbocycles. The van der Waals surface area contributed by atoms with Gasteiger partial charge in [-0.2, -0.15) is 0 Å². The average Bonchev–Trinajstić information content (AvgIpc) is 3.09. The van der Waals surface area contributed by atoms with Gasteiger partial charge in [-0.15, -0.1) is 0 Å². The lowest BCUT2D eigenvalue weighted by molar-refractivity contribution is 0.252. The fraction of sp³-hybridized carbons (Fsp3) is 0.0476. The van der Waals surface area contributed by atoms with Gasteiger partial charge in [-0.05, 0) is 60.7 Å². The number of guanidine groups is 1. The summed E-state index contributed by atoms with van der Waals surface area (Å²) in [5.41, 5.74) is 2.51. The van der Waals surface area contributed by atoms with Crippen molar-refractivity contribution in [3.63, 3.8) is 0 Å². The second-order valence-electron chi connectivity index (χ2n) is 6.58. The Morgan fingerprint density at radius 1 is 0.897 bits per heavy atom. The second-order valence-corrected chi connectivity index (χ2v) is 6.58. The normalized spacial score (nSPS) is 17.4. The highest BCUT2D eigenvalue weighted by molar-refractivity contribution is 6.26. The summed E-state index contributed by atoms with van der Waals surface area (Å²) < 4.78 is 26.7. The molecule has 0 aliphatic carbocycles. The molecule has 0 radical (unpaired) electrons. The van der Waals surface area contributed by atoms with Gasteiger partial charge in [0.05, 0.1) is 17.1 Å². The van der Waals surface area contributed by atoms with E-state index in [2.05, 4.69) is 15.6 Å². The molecular weight excluding hydrogens is 376 g/mol. The number of rotatable bonds is 2. The van der Waals surface area contributed by atoms with Crippen molar-refractivity contribution in [2.75, 3.05) is 20.4 Å². The number of amides is 2. The molecule has 2 heterocycles. The first kappa shape index (κ1) is 17.2. The van der Waals surface area contributed by atoms with Crippen LogP contribution in [0.25, 0.3) is 0 Å². The number of carbonyl (C=O) groups is 1. The summed E-state index contributed by atoms with van der Waals surface area (Å²) in [5.74, 6) is -0.532. The molecule has 0 aromatic heterocycles. The molecule has 0 fully saturated rings. The summed E-state index contributed by atoms with van der Waals surface area (Å²) in [7, 11) is 0. The van der Waals surface area contributed by atoms with Crippen LogP contribution in [-0.2, 0) is 0 Å². The number of para-hydroxylation sites is 2. The molecule has 0 saturated heterocycles. The first-order valence-electron chi connectivity index (χ1n) is 8.95. The van der Waals surface area contributed by atoms with Gasteiger partial charge in [-0.3, -0.25) is 4.90 Å². The van der Waals surface area contributed by atoms with Crippen LogP contribution in [0.1, 0.15) is 0 Å². The molecule has 2 aliphatic rings. The van der Waals surface area contributed by atoms with Gasteiger partial charge in [0.1, 0.15) is 11.6 Å². The highest BCUT2D eigenvalue weighted by Gasteiger charge is 2.42. The fourth-order valence-corrected chi connectivity index (χ4v) is 3.38. The van der Waals surface area contributed by atoms with Crippen LogP contribution in [0.4, 0.5) is 36.3 Å². The van der Waals surface area contributed by atoms with Crippen molar-refractivity contribution in [2.24, 2.45) is 4.99 Å². The van der Waals surface area contributed by atoms with Gasteiger partial charge < -0.3 is 10.6 Å². The zero-order valence-electron chi connectivity index (χ0n) is 15.0. The number of fused-ring (bicyclic) bond motifs is 3. The van der Waals surface area contributed by atoms with Gasteiger partial charge in [-0.1, -0.05) is 12.1 Å². The Kier molecular flexibility index (Phi) is 3.90. The van der Waals surface area contributed by atoms with Crippen molar-refractivity contribution in [3.05, 3.63) is 84.4 Å². The summed E-state index contributed by atoms with van der Waals surface area (Å²) in [5, 5.41) is 6.27. The first-order chi connectivity index (χ1) is 14.1. The third-order valence-corrected chi connectivity index (χ3v) is 4.73. The van der Waals surface area contributed by atoms with Gasteiger partial charge in [0.2, 0.25) is 12.2 Å². The molecule has 3 aromatic rings. The number of halogens is 2. The molecule has 0 spiro atoms. The Labute approximate surface area is 165 Å². The third kappa shape index (κ3) is 2.94. The lowest BCUT2D eigenvalue weighted by atomic mass is 10.2. The van der Waals surface area contributed by atoms with E-state index in [9.17, 15) is 13.6 Å². The molecule has 1 unspecified atom stereocenters. The lowest BCUT2D eigenvalue weighted by Gasteiger charge is -2.36. The maximum absolute atomic E-state index is 13.4. The Bertz CT molecular complexity index is 1110. The number of benzene rings is 3. The van der Waals surface area contributed by atoms with Gasteiger partial charge in [0.25, 0.3) is 0 Å². The number of anilines is 4. The van der Waals surface area contributed by atoms with Crippen molar-refractivity contribution < 1.29 is 13.6 Å². The average molecular weight is 391 g/mol. The van der Waals surface area contributed by atoms with Gasteiger partial charge in [0, 0.05) is 5.69 Å². The molecule has 144 valence electrons. The third-order valence-electron chi connectivity index (χ3n) is 4.73. The lowest BCUT2D eigenvalue weighted by Crippen LogP contribution is -2.57. The Hall–Kier alpha value is -3.94. The van der Waals surface area contributed by atoms with Crippen LogP contribution < -0.4 is 20.4 Å². The smallest absolute Gasteiger partial charge is 0.339 e. The summed E-state index contributed by atoms with van der Waals surface area (Å²) in [4.78, 5) is 21.0. The molecule has 8 heteroatoms. The highest BCUT2D eigenvalue weighted by Crippen LogP contribution is 2.38. The number of nitrogens with one attached hydrogen (secondary N) is 2. The molecule has 6 nitrogen and oxygen atoms in total. The van der Waals surface area contributed by atoms with E-state index in [1.54, 1.807) is 12.1 Å². The minimum Gasteiger partial charge on any atom is -0.345 e. The summed E-state index contributed by atoms with van der Waals surface area (Å²) in [6.45, 7) is 0. The van der Waals surface area contributed by atoms with E-state index in [1.807, 2.05) is 24.3 Å². The topological polar surface area (TPSA) is 60.0 Å². The molecular formula is C21H15F2N5O. The molecule has 5 rings (SSSR count).